The number of halogens is 2. The summed E-state index contributed by atoms with van der Waals surface area (Å²) in [7, 11) is 1.76. The Morgan fingerprint density at radius 3 is 2.74 bits per heavy atom. The van der Waals surface area contributed by atoms with Crippen LogP contribution in [0.1, 0.15) is 29.2 Å². The standard InChI is InChI=1S/C18H20F2N4O3/c1-21-13-8-23(5-4-22-13)16-12(19)6-10-15(14(16)20)24(9-2-3-9)7-11(17(10)25)18(26)27/h6-7,9,13,21-22H,2-5,8H2,1H3,(H,26,27)/t13-/m1/s1. The van der Waals surface area contributed by atoms with Crippen LogP contribution in [0.5, 0.6) is 0 Å². The van der Waals surface area contributed by atoms with Gasteiger partial charge in [0.05, 0.1) is 17.1 Å². The number of piperazine rings is 1. The van der Waals surface area contributed by atoms with Gasteiger partial charge in [0, 0.05) is 31.9 Å². The van der Waals surface area contributed by atoms with Gasteiger partial charge < -0.3 is 19.9 Å². The first-order valence-electron chi connectivity index (χ1n) is 8.88. The summed E-state index contributed by atoms with van der Waals surface area (Å²) in [5.41, 5.74) is -1.55. The van der Waals surface area contributed by atoms with E-state index in [0.29, 0.717) is 19.6 Å². The number of anilines is 1. The third-order valence-corrected chi connectivity index (χ3v) is 5.19. The molecule has 2 fully saturated rings. The summed E-state index contributed by atoms with van der Waals surface area (Å²) >= 11 is 0. The van der Waals surface area contributed by atoms with E-state index in [4.69, 9.17) is 0 Å². The Hall–Kier alpha value is -2.52. The van der Waals surface area contributed by atoms with Gasteiger partial charge in [-0.05, 0) is 26.0 Å². The number of aromatic carboxylic acids is 1. The van der Waals surface area contributed by atoms with E-state index < -0.39 is 28.6 Å². The fourth-order valence-electron chi connectivity index (χ4n) is 3.66. The lowest BCUT2D eigenvalue weighted by Gasteiger charge is -2.35. The van der Waals surface area contributed by atoms with Crippen LogP contribution in [0.15, 0.2) is 17.1 Å². The number of carbonyl (C=O) groups is 1. The molecule has 27 heavy (non-hydrogen) atoms. The first-order chi connectivity index (χ1) is 12.9. The van der Waals surface area contributed by atoms with Gasteiger partial charge in [-0.15, -0.1) is 0 Å². The molecule has 0 radical (unpaired) electrons. The molecule has 1 aromatic carbocycles. The second kappa shape index (κ2) is 6.58. The second-order valence-corrected chi connectivity index (χ2v) is 6.97. The van der Waals surface area contributed by atoms with E-state index >= 15 is 4.39 Å². The lowest BCUT2D eigenvalue weighted by molar-refractivity contribution is 0.0695. The first kappa shape index (κ1) is 17.9. The number of rotatable bonds is 4. The second-order valence-electron chi connectivity index (χ2n) is 6.97. The van der Waals surface area contributed by atoms with Gasteiger partial charge in [-0.25, -0.2) is 13.6 Å². The number of carboxylic acids is 1. The minimum absolute atomic E-state index is 0.0246. The average Bonchev–Trinajstić information content (AvgIpc) is 3.47. The predicted molar refractivity (Wildman–Crippen MR) is 96.4 cm³/mol. The molecule has 144 valence electrons. The van der Waals surface area contributed by atoms with Crippen LogP contribution in [-0.2, 0) is 0 Å². The summed E-state index contributed by atoms with van der Waals surface area (Å²) in [6.45, 7) is 1.32. The summed E-state index contributed by atoms with van der Waals surface area (Å²) in [6.07, 6.45) is 2.59. The van der Waals surface area contributed by atoms with Crippen LogP contribution in [0.3, 0.4) is 0 Å². The van der Waals surface area contributed by atoms with Crippen molar-refractivity contribution in [1.82, 2.24) is 15.2 Å². The van der Waals surface area contributed by atoms with Gasteiger partial charge in [0.1, 0.15) is 17.1 Å². The van der Waals surface area contributed by atoms with E-state index in [0.717, 1.165) is 18.9 Å². The SMILES string of the molecule is CN[C@H]1CN(c2c(F)cc3c(=O)c(C(=O)O)cn(C4CC4)c3c2F)CCN1. The molecule has 1 saturated heterocycles. The Kier molecular flexibility index (Phi) is 4.35. The molecule has 0 unspecified atom stereocenters. The predicted octanol–water partition coefficient (Wildman–Crippen LogP) is 1.27. The fourth-order valence-corrected chi connectivity index (χ4v) is 3.66. The van der Waals surface area contributed by atoms with Crippen molar-refractivity contribution >= 4 is 22.6 Å². The van der Waals surface area contributed by atoms with Gasteiger partial charge in [-0.2, -0.15) is 0 Å². The van der Waals surface area contributed by atoms with Gasteiger partial charge in [0.15, 0.2) is 5.82 Å². The highest BCUT2D eigenvalue weighted by Crippen LogP contribution is 2.39. The van der Waals surface area contributed by atoms with Crippen LogP contribution in [0.2, 0.25) is 0 Å². The minimum atomic E-state index is -1.40. The highest BCUT2D eigenvalue weighted by Gasteiger charge is 2.31. The molecule has 0 spiro atoms. The lowest BCUT2D eigenvalue weighted by atomic mass is 10.1. The summed E-state index contributed by atoms with van der Waals surface area (Å²) < 4.78 is 31.8. The van der Waals surface area contributed by atoms with Crippen molar-refractivity contribution in [3.8, 4) is 0 Å². The first-order valence-corrected chi connectivity index (χ1v) is 8.88. The summed E-state index contributed by atoms with van der Waals surface area (Å²) in [4.78, 5) is 25.5. The zero-order chi connectivity index (χ0) is 19.3. The maximum absolute atomic E-state index is 15.5. The van der Waals surface area contributed by atoms with Crippen LogP contribution in [0.4, 0.5) is 14.5 Å². The number of hydrogen-bond acceptors (Lipinski definition) is 5. The molecule has 2 aromatic rings. The number of carboxylic acid groups (broad SMARTS) is 1. The maximum Gasteiger partial charge on any atom is 0.341 e. The molecular weight excluding hydrogens is 358 g/mol. The van der Waals surface area contributed by atoms with Crippen molar-refractivity contribution < 1.29 is 18.7 Å². The maximum atomic E-state index is 15.5. The molecule has 1 aromatic heterocycles. The normalized spacial score (nSPS) is 20.3. The van der Waals surface area contributed by atoms with Crippen molar-refractivity contribution in [1.29, 1.82) is 0 Å². The molecule has 2 aliphatic rings. The number of nitrogens with zero attached hydrogens (tertiary/aromatic N) is 2. The highest BCUT2D eigenvalue weighted by atomic mass is 19.1. The van der Waals surface area contributed by atoms with Crippen molar-refractivity contribution in [2.45, 2.75) is 25.0 Å². The molecule has 7 nitrogen and oxygen atoms in total. The molecule has 3 N–H and O–H groups in total. The van der Waals surface area contributed by atoms with Crippen LogP contribution >= 0.6 is 0 Å². The van der Waals surface area contributed by atoms with Crippen molar-refractivity contribution in [2.75, 3.05) is 31.6 Å². The molecule has 4 rings (SSSR count). The van der Waals surface area contributed by atoms with Crippen molar-refractivity contribution in [3.63, 3.8) is 0 Å². The Bertz CT molecular complexity index is 987. The number of hydrogen-bond donors (Lipinski definition) is 3. The van der Waals surface area contributed by atoms with Gasteiger partial charge >= 0.3 is 5.97 Å². The van der Waals surface area contributed by atoms with E-state index in [1.807, 2.05) is 0 Å². The number of likely N-dealkylation sites (N-methyl/N-ethyl adjacent to an activating group) is 1. The quantitative estimate of drug-likeness (QED) is 0.743. The van der Waals surface area contributed by atoms with E-state index in [2.05, 4.69) is 10.6 Å². The van der Waals surface area contributed by atoms with E-state index in [1.54, 1.807) is 11.9 Å². The third kappa shape index (κ3) is 2.96. The van der Waals surface area contributed by atoms with Gasteiger partial charge in [-0.3, -0.25) is 10.1 Å². The van der Waals surface area contributed by atoms with E-state index in [-0.39, 0.29) is 28.8 Å². The topological polar surface area (TPSA) is 86.6 Å². The molecule has 9 heteroatoms. The lowest BCUT2D eigenvalue weighted by Crippen LogP contribution is -2.56. The number of aromatic nitrogens is 1. The molecule has 2 heterocycles. The summed E-state index contributed by atoms with van der Waals surface area (Å²) in [5, 5.41) is 15.3. The Morgan fingerprint density at radius 1 is 1.37 bits per heavy atom. The molecule has 1 aliphatic carbocycles. The molecule has 1 atom stereocenters. The zero-order valence-corrected chi connectivity index (χ0v) is 14.8. The molecular formula is C18H20F2N4O3. The largest absolute Gasteiger partial charge is 0.477 e. The van der Waals surface area contributed by atoms with Gasteiger partial charge in [0.25, 0.3) is 0 Å². The van der Waals surface area contributed by atoms with E-state index in [9.17, 15) is 19.1 Å². The van der Waals surface area contributed by atoms with E-state index in [1.165, 1.54) is 10.8 Å². The van der Waals surface area contributed by atoms with Gasteiger partial charge in [-0.1, -0.05) is 0 Å². The Labute approximate surface area is 153 Å². The summed E-state index contributed by atoms with van der Waals surface area (Å²) in [5.74, 6) is -3.08. The average molecular weight is 378 g/mol. The number of benzene rings is 1. The van der Waals surface area contributed by atoms with Crippen LogP contribution in [0, 0.1) is 11.6 Å². The fraction of sp³-hybridized carbons (Fsp3) is 0.444. The Morgan fingerprint density at radius 2 is 2.11 bits per heavy atom. The van der Waals surface area contributed by atoms with Crippen LogP contribution in [0.25, 0.3) is 10.9 Å². The van der Waals surface area contributed by atoms with Gasteiger partial charge in [0.2, 0.25) is 5.43 Å². The van der Waals surface area contributed by atoms with Crippen molar-refractivity contribution in [3.05, 3.63) is 39.7 Å². The zero-order valence-electron chi connectivity index (χ0n) is 14.8. The number of fused-ring (bicyclic) bond motifs is 1. The minimum Gasteiger partial charge on any atom is -0.477 e. The Balaban J connectivity index is 1.95. The van der Waals surface area contributed by atoms with Crippen LogP contribution < -0.4 is 21.0 Å². The molecule has 0 bridgehead atoms. The smallest absolute Gasteiger partial charge is 0.341 e. The molecule has 0 amide bonds. The third-order valence-electron chi connectivity index (χ3n) is 5.19. The highest BCUT2D eigenvalue weighted by molar-refractivity contribution is 5.94. The molecule has 1 aliphatic heterocycles. The monoisotopic (exact) mass is 378 g/mol. The van der Waals surface area contributed by atoms with Crippen LogP contribution in [-0.4, -0.2) is 48.5 Å². The summed E-state index contributed by atoms with van der Waals surface area (Å²) in [6, 6.07) is 0.893. The number of pyridine rings is 1. The molecule has 1 saturated carbocycles. The number of nitrogens with one attached hydrogen (secondary N) is 2. The van der Waals surface area contributed by atoms with Crippen molar-refractivity contribution in [2.24, 2.45) is 0 Å².